The zero-order valence-electron chi connectivity index (χ0n) is 16.7. The maximum atomic E-state index is 12.4. The summed E-state index contributed by atoms with van der Waals surface area (Å²) in [6, 6.07) is 14.1. The quantitative estimate of drug-likeness (QED) is 0.482. The second kappa shape index (κ2) is 11.0. The van der Waals surface area contributed by atoms with E-state index in [-0.39, 0.29) is 22.6 Å². The summed E-state index contributed by atoms with van der Waals surface area (Å²) in [4.78, 5) is 49.2. The Morgan fingerprint density at radius 2 is 1.64 bits per heavy atom. The Morgan fingerprint density at radius 1 is 0.909 bits per heavy atom. The Kier molecular flexibility index (Phi) is 7.82. The van der Waals surface area contributed by atoms with Gasteiger partial charge in [-0.1, -0.05) is 18.2 Å². The van der Waals surface area contributed by atoms with Crippen molar-refractivity contribution < 1.29 is 37.4 Å². The molecular formula is C22H16F2N2O6S. The molecule has 2 aromatic carbocycles. The first-order valence-electron chi connectivity index (χ1n) is 9.33. The van der Waals surface area contributed by atoms with E-state index in [0.717, 1.165) is 12.1 Å². The molecule has 0 atom stereocenters. The van der Waals surface area contributed by atoms with Crippen molar-refractivity contribution in [3.05, 3.63) is 82.0 Å². The van der Waals surface area contributed by atoms with E-state index in [0.29, 0.717) is 4.88 Å². The van der Waals surface area contributed by atoms with E-state index in [1.165, 1.54) is 35.6 Å². The van der Waals surface area contributed by atoms with Crippen LogP contribution in [-0.4, -0.2) is 36.9 Å². The van der Waals surface area contributed by atoms with Crippen LogP contribution < -0.4 is 15.4 Å². The van der Waals surface area contributed by atoms with E-state index in [2.05, 4.69) is 10.1 Å². The summed E-state index contributed by atoms with van der Waals surface area (Å²) in [5.41, 5.74) is 0.234. The van der Waals surface area contributed by atoms with Gasteiger partial charge in [0.25, 0.3) is 17.7 Å². The molecule has 0 radical (unpaired) electrons. The SMILES string of the molecule is O=C(COC(=O)c1ccccc1NC(=O)c1cccs1)NC(=O)c1ccc(OC(F)F)cc1. The number of thiophene rings is 1. The van der Waals surface area contributed by atoms with Crippen molar-refractivity contribution >= 4 is 40.7 Å². The van der Waals surface area contributed by atoms with Gasteiger partial charge >= 0.3 is 12.6 Å². The summed E-state index contributed by atoms with van der Waals surface area (Å²) in [6.07, 6.45) is 0. The van der Waals surface area contributed by atoms with Crippen LogP contribution in [0, 0.1) is 0 Å². The molecule has 0 aliphatic carbocycles. The summed E-state index contributed by atoms with van der Waals surface area (Å²) in [7, 11) is 0. The standard InChI is InChI=1S/C22H16F2N2O6S/c23-22(24)32-14-9-7-13(8-10-14)19(28)26-18(27)12-31-21(30)15-4-1-2-5-16(15)25-20(29)17-6-3-11-33-17/h1-11,22H,12H2,(H,25,29)(H,26,27,28). The molecular weight excluding hydrogens is 458 g/mol. The predicted octanol–water partition coefficient (Wildman–Crippen LogP) is 3.72. The molecule has 3 rings (SSSR count). The third kappa shape index (κ3) is 6.68. The number of carbonyl (C=O) groups excluding carboxylic acids is 4. The minimum atomic E-state index is -3.00. The van der Waals surface area contributed by atoms with Gasteiger partial charge in [0.05, 0.1) is 16.1 Å². The van der Waals surface area contributed by atoms with Crippen molar-refractivity contribution in [2.24, 2.45) is 0 Å². The molecule has 3 amide bonds. The summed E-state index contributed by atoms with van der Waals surface area (Å²) >= 11 is 1.23. The number of ether oxygens (including phenoxy) is 2. The second-order valence-electron chi connectivity index (χ2n) is 6.33. The van der Waals surface area contributed by atoms with E-state index in [9.17, 15) is 28.0 Å². The Hall–Kier alpha value is -4.12. The largest absolute Gasteiger partial charge is 0.452 e. The lowest BCUT2D eigenvalue weighted by Gasteiger charge is -2.10. The third-order valence-electron chi connectivity index (χ3n) is 4.07. The molecule has 0 saturated heterocycles. The van der Waals surface area contributed by atoms with E-state index in [1.807, 2.05) is 5.32 Å². The molecule has 0 aliphatic heterocycles. The number of nitrogens with one attached hydrogen (secondary N) is 2. The van der Waals surface area contributed by atoms with Gasteiger partial charge in [-0.15, -0.1) is 11.3 Å². The Bertz CT molecular complexity index is 1150. The van der Waals surface area contributed by atoms with Crippen LogP contribution in [0.4, 0.5) is 14.5 Å². The highest BCUT2D eigenvalue weighted by atomic mass is 32.1. The fourth-order valence-electron chi connectivity index (χ4n) is 2.59. The van der Waals surface area contributed by atoms with Gasteiger partial charge in [-0.2, -0.15) is 8.78 Å². The van der Waals surface area contributed by atoms with Gasteiger partial charge in [0, 0.05) is 5.56 Å². The van der Waals surface area contributed by atoms with Crippen LogP contribution in [0.3, 0.4) is 0 Å². The summed E-state index contributed by atoms with van der Waals surface area (Å²) in [5.74, 6) is -3.15. The number of carbonyl (C=O) groups is 4. The molecule has 0 bridgehead atoms. The minimum Gasteiger partial charge on any atom is -0.452 e. The Labute approximate surface area is 190 Å². The molecule has 0 saturated carbocycles. The monoisotopic (exact) mass is 474 g/mol. The minimum absolute atomic E-state index is 0.0120. The number of amides is 3. The maximum absolute atomic E-state index is 12.4. The molecule has 0 spiro atoms. The molecule has 11 heteroatoms. The first-order chi connectivity index (χ1) is 15.8. The molecule has 0 fully saturated rings. The number of rotatable bonds is 8. The van der Waals surface area contributed by atoms with Gasteiger partial charge in [0.1, 0.15) is 5.75 Å². The van der Waals surface area contributed by atoms with Crippen LogP contribution in [0.1, 0.15) is 30.4 Å². The van der Waals surface area contributed by atoms with Crippen LogP contribution in [0.5, 0.6) is 5.75 Å². The normalized spacial score (nSPS) is 10.4. The lowest BCUT2D eigenvalue weighted by Crippen LogP contribution is -2.34. The van der Waals surface area contributed by atoms with Gasteiger partial charge < -0.3 is 14.8 Å². The highest BCUT2D eigenvalue weighted by molar-refractivity contribution is 7.12. The number of hydrogen-bond donors (Lipinski definition) is 2. The average molecular weight is 474 g/mol. The van der Waals surface area contributed by atoms with Crippen molar-refractivity contribution in [2.45, 2.75) is 6.61 Å². The Morgan fingerprint density at radius 3 is 2.30 bits per heavy atom. The molecule has 3 aromatic rings. The highest BCUT2D eigenvalue weighted by Gasteiger charge is 2.18. The number of esters is 1. The van der Waals surface area contributed by atoms with E-state index >= 15 is 0 Å². The first kappa shape index (κ1) is 23.5. The van der Waals surface area contributed by atoms with Crippen LogP contribution in [0.15, 0.2) is 66.0 Å². The van der Waals surface area contributed by atoms with Crippen LogP contribution in [-0.2, 0) is 9.53 Å². The van der Waals surface area contributed by atoms with Crippen molar-refractivity contribution in [1.29, 1.82) is 0 Å². The summed E-state index contributed by atoms with van der Waals surface area (Å²) in [6.45, 7) is -3.76. The van der Waals surface area contributed by atoms with Gasteiger partial charge in [-0.05, 0) is 47.8 Å². The van der Waals surface area contributed by atoms with Crippen LogP contribution >= 0.6 is 11.3 Å². The fourth-order valence-corrected chi connectivity index (χ4v) is 3.21. The zero-order valence-corrected chi connectivity index (χ0v) is 17.6. The number of imide groups is 1. The number of anilines is 1. The molecule has 33 heavy (non-hydrogen) atoms. The maximum Gasteiger partial charge on any atom is 0.387 e. The predicted molar refractivity (Wildman–Crippen MR) is 115 cm³/mol. The zero-order chi connectivity index (χ0) is 23.8. The van der Waals surface area contributed by atoms with Gasteiger partial charge in [-0.25, -0.2) is 4.79 Å². The number of para-hydroxylation sites is 1. The number of halogens is 2. The lowest BCUT2D eigenvalue weighted by atomic mass is 10.1. The van der Waals surface area contributed by atoms with E-state index in [1.54, 1.807) is 29.6 Å². The van der Waals surface area contributed by atoms with Gasteiger partial charge in [-0.3, -0.25) is 19.7 Å². The second-order valence-corrected chi connectivity index (χ2v) is 7.28. The topological polar surface area (TPSA) is 111 Å². The fraction of sp³-hybridized carbons (Fsp3) is 0.0909. The molecule has 1 heterocycles. The van der Waals surface area contributed by atoms with Crippen molar-refractivity contribution in [3.63, 3.8) is 0 Å². The molecule has 0 unspecified atom stereocenters. The van der Waals surface area contributed by atoms with E-state index < -0.39 is 36.9 Å². The van der Waals surface area contributed by atoms with Gasteiger partial charge in [0.15, 0.2) is 6.61 Å². The molecule has 170 valence electrons. The number of hydrogen-bond acceptors (Lipinski definition) is 7. The van der Waals surface area contributed by atoms with Crippen molar-refractivity contribution in [3.8, 4) is 5.75 Å². The smallest absolute Gasteiger partial charge is 0.387 e. The highest BCUT2D eigenvalue weighted by Crippen LogP contribution is 2.19. The molecule has 1 aromatic heterocycles. The van der Waals surface area contributed by atoms with E-state index in [4.69, 9.17) is 4.74 Å². The molecule has 2 N–H and O–H groups in total. The molecule has 0 aliphatic rings. The van der Waals surface area contributed by atoms with Crippen molar-refractivity contribution in [2.75, 3.05) is 11.9 Å². The molecule has 8 nitrogen and oxygen atoms in total. The third-order valence-corrected chi connectivity index (χ3v) is 4.94. The van der Waals surface area contributed by atoms with Crippen molar-refractivity contribution in [1.82, 2.24) is 5.32 Å². The first-order valence-corrected chi connectivity index (χ1v) is 10.2. The van der Waals surface area contributed by atoms with Crippen LogP contribution in [0.25, 0.3) is 0 Å². The Balaban J connectivity index is 1.55. The summed E-state index contributed by atoms with van der Waals surface area (Å²) < 4.78 is 33.5. The lowest BCUT2D eigenvalue weighted by molar-refractivity contribution is -0.123. The van der Waals surface area contributed by atoms with Crippen LogP contribution in [0.2, 0.25) is 0 Å². The number of benzene rings is 2. The average Bonchev–Trinajstić information content (AvgIpc) is 3.33. The number of alkyl halides is 2. The van der Waals surface area contributed by atoms with Gasteiger partial charge in [0.2, 0.25) is 0 Å². The summed E-state index contributed by atoms with van der Waals surface area (Å²) in [5, 5.41) is 6.36.